The number of aliphatic carboxylic acids is 2. The zero-order valence-electron chi connectivity index (χ0n) is 16.4. The molecule has 0 aliphatic rings. The predicted octanol–water partition coefficient (Wildman–Crippen LogP) is 1.22. The minimum Gasteiger partial charge on any atom is -0.481 e. The van der Waals surface area contributed by atoms with Crippen molar-refractivity contribution in [2.24, 2.45) is 0 Å². The molecule has 162 valence electrons. The van der Waals surface area contributed by atoms with Gasteiger partial charge in [0.15, 0.2) is 0 Å². The number of amides is 1. The zero-order valence-corrected chi connectivity index (χ0v) is 16.4. The van der Waals surface area contributed by atoms with Crippen molar-refractivity contribution in [3.8, 4) is 0 Å². The Kier molecular flexibility index (Phi) is 6.34. The number of fused-ring (bicyclic) bond motifs is 1. The third-order valence-corrected chi connectivity index (χ3v) is 4.70. The van der Waals surface area contributed by atoms with Crippen molar-refractivity contribution in [2.75, 3.05) is 11.5 Å². The van der Waals surface area contributed by atoms with E-state index >= 15 is 0 Å². The summed E-state index contributed by atoms with van der Waals surface area (Å²) in [6.45, 7) is 0. The molecule has 0 saturated carbocycles. The van der Waals surface area contributed by atoms with Crippen molar-refractivity contribution in [1.82, 2.24) is 15.3 Å². The lowest BCUT2D eigenvalue weighted by Crippen LogP contribution is -2.41. The van der Waals surface area contributed by atoms with Crippen LogP contribution in [0.25, 0.3) is 11.1 Å². The molecule has 0 aliphatic heterocycles. The van der Waals surface area contributed by atoms with Crippen LogP contribution in [-0.2, 0) is 22.4 Å². The summed E-state index contributed by atoms with van der Waals surface area (Å²) < 4.78 is 5.39. The number of anilines is 2. The summed E-state index contributed by atoms with van der Waals surface area (Å²) in [5.74, 6) is -2.73. The lowest BCUT2D eigenvalue weighted by molar-refractivity contribution is -0.140. The average molecular weight is 427 g/mol. The van der Waals surface area contributed by atoms with Crippen molar-refractivity contribution < 1.29 is 29.0 Å². The van der Waals surface area contributed by atoms with Gasteiger partial charge in [0.05, 0.1) is 11.6 Å². The number of carbonyl (C=O) groups is 3. The number of aromatic nitrogens is 2. The average Bonchev–Trinajstić information content (AvgIpc) is 3.12. The molecule has 2 aromatic heterocycles. The normalized spacial score (nSPS) is 11.9. The van der Waals surface area contributed by atoms with Gasteiger partial charge in [-0.25, -0.2) is 4.79 Å². The molecule has 7 N–H and O–H groups in total. The number of aryl methyl sites for hydroxylation is 2. The van der Waals surface area contributed by atoms with Gasteiger partial charge < -0.3 is 31.4 Å². The number of hydrogen-bond donors (Lipinski definition) is 5. The first-order valence-electron chi connectivity index (χ1n) is 9.38. The summed E-state index contributed by atoms with van der Waals surface area (Å²) in [4.78, 5) is 42.1. The number of carbonyl (C=O) groups excluding carboxylic acids is 1. The molecular formula is C20H21N5O6. The number of nitrogen functional groups attached to an aromatic ring is 2. The van der Waals surface area contributed by atoms with E-state index in [2.05, 4.69) is 15.3 Å². The maximum atomic E-state index is 12.3. The first kappa shape index (κ1) is 21.6. The molecule has 0 radical (unpaired) electrons. The van der Waals surface area contributed by atoms with Crippen LogP contribution in [-0.4, -0.2) is 44.1 Å². The van der Waals surface area contributed by atoms with Gasteiger partial charge in [-0.3, -0.25) is 9.59 Å². The van der Waals surface area contributed by atoms with Gasteiger partial charge >= 0.3 is 11.9 Å². The summed E-state index contributed by atoms with van der Waals surface area (Å²) in [6.07, 6.45) is 2.20. The van der Waals surface area contributed by atoms with Gasteiger partial charge in [-0.15, -0.1) is 0 Å². The van der Waals surface area contributed by atoms with Crippen molar-refractivity contribution in [2.45, 2.75) is 31.7 Å². The second-order valence-electron chi connectivity index (χ2n) is 6.90. The second kappa shape index (κ2) is 9.11. The van der Waals surface area contributed by atoms with Gasteiger partial charge in [-0.1, -0.05) is 12.1 Å². The largest absolute Gasteiger partial charge is 0.481 e. The zero-order chi connectivity index (χ0) is 22.5. The lowest BCUT2D eigenvalue weighted by atomic mass is 10.0. The van der Waals surface area contributed by atoms with E-state index in [0.717, 1.165) is 11.1 Å². The molecule has 1 aromatic carbocycles. The molecule has 2 heterocycles. The molecule has 0 aliphatic carbocycles. The first-order chi connectivity index (χ1) is 14.7. The van der Waals surface area contributed by atoms with Gasteiger partial charge in [0, 0.05) is 17.5 Å². The molecular weight excluding hydrogens is 406 g/mol. The van der Waals surface area contributed by atoms with Crippen LogP contribution in [0.15, 0.2) is 34.9 Å². The van der Waals surface area contributed by atoms with Gasteiger partial charge in [0.1, 0.15) is 11.9 Å². The quantitative estimate of drug-likeness (QED) is 0.331. The van der Waals surface area contributed by atoms with Crippen LogP contribution in [0.2, 0.25) is 0 Å². The van der Waals surface area contributed by atoms with Crippen LogP contribution in [0.5, 0.6) is 0 Å². The number of benzene rings is 1. The van der Waals surface area contributed by atoms with Crippen LogP contribution in [0.4, 0.5) is 11.8 Å². The van der Waals surface area contributed by atoms with Crippen molar-refractivity contribution in [1.29, 1.82) is 0 Å². The van der Waals surface area contributed by atoms with Gasteiger partial charge in [0.2, 0.25) is 11.7 Å². The van der Waals surface area contributed by atoms with E-state index in [-0.39, 0.29) is 30.2 Å². The molecule has 0 bridgehead atoms. The van der Waals surface area contributed by atoms with Crippen LogP contribution in [0, 0.1) is 0 Å². The number of carboxylic acid groups (broad SMARTS) is 2. The van der Waals surface area contributed by atoms with E-state index in [0.29, 0.717) is 23.9 Å². The maximum absolute atomic E-state index is 12.3. The fourth-order valence-corrected chi connectivity index (χ4v) is 3.10. The number of rotatable bonds is 9. The fourth-order valence-electron chi connectivity index (χ4n) is 3.10. The Morgan fingerprint density at radius 1 is 1.06 bits per heavy atom. The molecule has 11 nitrogen and oxygen atoms in total. The Morgan fingerprint density at radius 2 is 1.77 bits per heavy atom. The Morgan fingerprint density at radius 3 is 2.42 bits per heavy atom. The standard InChI is InChI=1S/C20H21N5O6/c21-16-15-12(9-31-18(15)25-20(22)24-16)6-3-10-1-4-11(5-2-10)17(28)23-13(19(29)30)7-8-14(26)27/h1-2,4-5,9,13H,3,6-8H2,(H,23,28)(H,26,27)(H,29,30)(H4,21,22,24,25)/t13-/m0/s1. The van der Waals surface area contributed by atoms with E-state index < -0.39 is 23.9 Å². The molecule has 3 rings (SSSR count). The summed E-state index contributed by atoms with van der Waals surface area (Å²) >= 11 is 0. The highest BCUT2D eigenvalue weighted by molar-refractivity contribution is 5.96. The molecule has 0 unspecified atom stereocenters. The Hall–Kier alpha value is -4.15. The third kappa shape index (κ3) is 5.26. The van der Waals surface area contributed by atoms with E-state index in [4.69, 9.17) is 26.1 Å². The van der Waals surface area contributed by atoms with E-state index in [1.54, 1.807) is 30.5 Å². The van der Waals surface area contributed by atoms with Crippen LogP contribution in [0.3, 0.4) is 0 Å². The fraction of sp³-hybridized carbons (Fsp3) is 0.250. The van der Waals surface area contributed by atoms with Crippen molar-refractivity contribution in [3.63, 3.8) is 0 Å². The molecule has 0 spiro atoms. The minimum absolute atomic E-state index is 0.0351. The summed E-state index contributed by atoms with van der Waals surface area (Å²) in [7, 11) is 0. The maximum Gasteiger partial charge on any atom is 0.326 e. The monoisotopic (exact) mass is 427 g/mol. The van der Waals surface area contributed by atoms with Crippen LogP contribution >= 0.6 is 0 Å². The van der Waals surface area contributed by atoms with E-state index in [1.165, 1.54) is 0 Å². The molecule has 31 heavy (non-hydrogen) atoms. The molecule has 1 atom stereocenters. The third-order valence-electron chi connectivity index (χ3n) is 4.70. The van der Waals surface area contributed by atoms with Gasteiger partial charge in [-0.05, 0) is 37.0 Å². The topological polar surface area (TPSA) is 195 Å². The predicted molar refractivity (Wildman–Crippen MR) is 110 cm³/mol. The Bertz CT molecular complexity index is 1130. The lowest BCUT2D eigenvalue weighted by Gasteiger charge is -2.13. The molecule has 3 aromatic rings. The van der Waals surface area contributed by atoms with Crippen molar-refractivity contribution in [3.05, 3.63) is 47.2 Å². The summed E-state index contributed by atoms with van der Waals surface area (Å²) in [5.41, 5.74) is 13.8. The van der Waals surface area contributed by atoms with Crippen LogP contribution < -0.4 is 16.8 Å². The van der Waals surface area contributed by atoms with Crippen LogP contribution in [0.1, 0.15) is 34.3 Å². The molecule has 0 saturated heterocycles. The highest BCUT2D eigenvalue weighted by Crippen LogP contribution is 2.26. The van der Waals surface area contributed by atoms with Gasteiger partial charge in [0.25, 0.3) is 5.91 Å². The molecule has 0 fully saturated rings. The second-order valence-corrected chi connectivity index (χ2v) is 6.90. The van der Waals surface area contributed by atoms with Gasteiger partial charge in [-0.2, -0.15) is 9.97 Å². The Balaban J connectivity index is 1.63. The number of nitrogens with two attached hydrogens (primary N) is 2. The molecule has 11 heteroatoms. The minimum atomic E-state index is -1.29. The van der Waals surface area contributed by atoms with E-state index in [9.17, 15) is 14.4 Å². The number of furan rings is 1. The van der Waals surface area contributed by atoms with E-state index in [1.807, 2.05) is 0 Å². The summed E-state index contributed by atoms with van der Waals surface area (Å²) in [6, 6.07) is 5.38. The number of nitrogens with zero attached hydrogens (tertiary/aromatic N) is 2. The Labute approximate surface area is 176 Å². The highest BCUT2D eigenvalue weighted by Gasteiger charge is 2.21. The number of nitrogens with one attached hydrogen (secondary N) is 1. The molecule has 1 amide bonds. The highest BCUT2D eigenvalue weighted by atomic mass is 16.4. The SMILES string of the molecule is Nc1nc(N)c2c(CCc3ccc(C(=O)N[C@@H](CCC(=O)O)C(=O)O)cc3)coc2n1. The first-order valence-corrected chi connectivity index (χ1v) is 9.38. The summed E-state index contributed by atoms with van der Waals surface area (Å²) in [5, 5.41) is 20.8. The smallest absolute Gasteiger partial charge is 0.326 e. The number of carboxylic acids is 2. The van der Waals surface area contributed by atoms with Crippen molar-refractivity contribution >= 4 is 40.7 Å². The number of hydrogen-bond acceptors (Lipinski definition) is 8.